The second kappa shape index (κ2) is 6.99. The lowest BCUT2D eigenvalue weighted by Gasteiger charge is -2.19. The highest BCUT2D eigenvalue weighted by Crippen LogP contribution is 2.32. The first-order chi connectivity index (χ1) is 11.6. The Balaban J connectivity index is 1.56. The van der Waals surface area contributed by atoms with Gasteiger partial charge in [0, 0.05) is 11.8 Å². The van der Waals surface area contributed by atoms with E-state index in [9.17, 15) is 14.0 Å². The van der Waals surface area contributed by atoms with Gasteiger partial charge >= 0.3 is 0 Å². The number of carbonyl (C=O) groups is 2. The molecule has 0 saturated carbocycles. The fraction of sp³-hybridized carbons (Fsp3) is 0.176. The molecule has 1 heterocycles. The maximum atomic E-state index is 13.5. The van der Waals surface area contributed by atoms with Crippen molar-refractivity contribution in [1.29, 1.82) is 0 Å². The van der Waals surface area contributed by atoms with Gasteiger partial charge in [0.15, 0.2) is 11.5 Å². The summed E-state index contributed by atoms with van der Waals surface area (Å²) in [4.78, 5) is 23.8. The second-order valence-corrected chi connectivity index (χ2v) is 5.07. The van der Waals surface area contributed by atoms with Gasteiger partial charge < -0.3 is 20.1 Å². The molecule has 2 amide bonds. The van der Waals surface area contributed by atoms with Gasteiger partial charge in [-0.3, -0.25) is 9.59 Å². The van der Waals surface area contributed by atoms with Crippen LogP contribution in [-0.4, -0.2) is 31.6 Å². The van der Waals surface area contributed by atoms with Crippen LogP contribution >= 0.6 is 0 Å². The van der Waals surface area contributed by atoms with E-state index in [0.29, 0.717) is 30.4 Å². The molecule has 0 radical (unpaired) electrons. The van der Waals surface area contributed by atoms with Gasteiger partial charge in [0.25, 0.3) is 5.91 Å². The minimum absolute atomic E-state index is 0.107. The monoisotopic (exact) mass is 330 g/mol. The number of hydrogen-bond acceptors (Lipinski definition) is 4. The van der Waals surface area contributed by atoms with Crippen molar-refractivity contribution in [2.45, 2.75) is 0 Å². The summed E-state index contributed by atoms with van der Waals surface area (Å²) >= 11 is 0. The molecule has 3 rings (SSSR count). The Kier molecular flexibility index (Phi) is 4.60. The van der Waals surface area contributed by atoms with Gasteiger partial charge in [0.05, 0.1) is 12.1 Å². The SMILES string of the molecule is O=C(CNC(=O)c1ccccc1F)Nc1ccc2c(c1)OCCO2. The molecule has 0 bridgehead atoms. The molecule has 1 aliphatic heterocycles. The zero-order chi connectivity index (χ0) is 16.9. The van der Waals surface area contributed by atoms with E-state index in [1.54, 1.807) is 24.3 Å². The van der Waals surface area contributed by atoms with Gasteiger partial charge in [0.2, 0.25) is 5.91 Å². The Morgan fingerprint density at radius 2 is 1.79 bits per heavy atom. The largest absolute Gasteiger partial charge is 0.486 e. The van der Waals surface area contributed by atoms with Crippen LogP contribution in [0.2, 0.25) is 0 Å². The zero-order valence-corrected chi connectivity index (χ0v) is 12.7. The number of hydrogen-bond donors (Lipinski definition) is 2. The van der Waals surface area contributed by atoms with Crippen LogP contribution in [0.15, 0.2) is 42.5 Å². The highest BCUT2D eigenvalue weighted by molar-refractivity contribution is 5.99. The predicted octanol–water partition coefficient (Wildman–Crippen LogP) is 1.97. The highest BCUT2D eigenvalue weighted by atomic mass is 19.1. The molecule has 0 fully saturated rings. The quantitative estimate of drug-likeness (QED) is 0.898. The number of carbonyl (C=O) groups excluding carboxylic acids is 2. The summed E-state index contributed by atoms with van der Waals surface area (Å²) < 4.78 is 24.3. The van der Waals surface area contributed by atoms with Crippen molar-refractivity contribution >= 4 is 17.5 Å². The van der Waals surface area contributed by atoms with Crippen LogP contribution in [-0.2, 0) is 4.79 Å². The van der Waals surface area contributed by atoms with Crippen LogP contribution in [0.5, 0.6) is 11.5 Å². The van der Waals surface area contributed by atoms with Crippen LogP contribution in [0.3, 0.4) is 0 Å². The van der Waals surface area contributed by atoms with Crippen LogP contribution in [0.4, 0.5) is 10.1 Å². The number of ether oxygens (including phenoxy) is 2. The molecule has 1 aliphatic rings. The van der Waals surface area contributed by atoms with Crippen LogP contribution in [0, 0.1) is 5.82 Å². The molecule has 2 N–H and O–H groups in total. The summed E-state index contributed by atoms with van der Waals surface area (Å²) in [5.41, 5.74) is 0.411. The standard InChI is InChI=1S/C17H15FN2O4/c18-13-4-2-1-3-12(13)17(22)19-10-16(21)20-11-5-6-14-15(9-11)24-8-7-23-14/h1-6,9H,7-8,10H2,(H,19,22)(H,20,21). The summed E-state index contributed by atoms with van der Waals surface area (Å²) in [6.07, 6.45) is 0. The van der Waals surface area contributed by atoms with Gasteiger partial charge in [-0.15, -0.1) is 0 Å². The molecular weight excluding hydrogens is 315 g/mol. The van der Waals surface area contributed by atoms with E-state index in [0.717, 1.165) is 0 Å². The molecule has 6 nitrogen and oxygen atoms in total. The van der Waals surface area contributed by atoms with E-state index in [2.05, 4.69) is 10.6 Å². The van der Waals surface area contributed by atoms with Crippen LogP contribution < -0.4 is 20.1 Å². The van der Waals surface area contributed by atoms with Gasteiger partial charge in [-0.05, 0) is 24.3 Å². The molecule has 2 aromatic rings. The summed E-state index contributed by atoms with van der Waals surface area (Å²) in [5.74, 6) is -0.550. The predicted molar refractivity (Wildman–Crippen MR) is 84.8 cm³/mol. The lowest BCUT2D eigenvalue weighted by atomic mass is 10.2. The second-order valence-electron chi connectivity index (χ2n) is 5.07. The molecule has 2 aromatic carbocycles. The minimum Gasteiger partial charge on any atom is -0.486 e. The van der Waals surface area contributed by atoms with Crippen molar-refractivity contribution in [3.8, 4) is 11.5 Å². The molecule has 0 unspecified atom stereocenters. The van der Waals surface area contributed by atoms with Crippen molar-refractivity contribution in [2.75, 3.05) is 25.1 Å². The van der Waals surface area contributed by atoms with E-state index in [4.69, 9.17) is 9.47 Å². The van der Waals surface area contributed by atoms with Gasteiger partial charge in [-0.25, -0.2) is 4.39 Å². The maximum Gasteiger partial charge on any atom is 0.254 e. The van der Waals surface area contributed by atoms with Crippen molar-refractivity contribution < 1.29 is 23.5 Å². The van der Waals surface area contributed by atoms with E-state index >= 15 is 0 Å². The molecule has 124 valence electrons. The number of amides is 2. The van der Waals surface area contributed by atoms with Gasteiger partial charge in [0.1, 0.15) is 19.0 Å². The van der Waals surface area contributed by atoms with Crippen molar-refractivity contribution in [3.63, 3.8) is 0 Å². The van der Waals surface area contributed by atoms with Gasteiger partial charge in [-0.2, -0.15) is 0 Å². The third-order valence-electron chi connectivity index (χ3n) is 3.35. The van der Waals surface area contributed by atoms with E-state index in [1.807, 2.05) is 0 Å². The summed E-state index contributed by atoms with van der Waals surface area (Å²) in [6, 6.07) is 10.6. The molecule has 0 atom stereocenters. The number of fused-ring (bicyclic) bond motifs is 1. The molecule has 0 spiro atoms. The zero-order valence-electron chi connectivity index (χ0n) is 12.7. The Morgan fingerprint density at radius 3 is 2.58 bits per heavy atom. The summed E-state index contributed by atoms with van der Waals surface area (Å²) in [6.45, 7) is 0.658. The first kappa shape index (κ1) is 15.8. The third-order valence-corrected chi connectivity index (χ3v) is 3.35. The topological polar surface area (TPSA) is 76.7 Å². The molecule has 7 heteroatoms. The Labute approximate surface area is 137 Å². The smallest absolute Gasteiger partial charge is 0.254 e. The van der Waals surface area contributed by atoms with Crippen LogP contribution in [0.1, 0.15) is 10.4 Å². The van der Waals surface area contributed by atoms with E-state index in [-0.39, 0.29) is 12.1 Å². The molecular formula is C17H15FN2O4. The van der Waals surface area contributed by atoms with E-state index < -0.39 is 17.6 Å². The number of anilines is 1. The van der Waals surface area contributed by atoms with Crippen molar-refractivity contribution in [1.82, 2.24) is 5.32 Å². The third kappa shape index (κ3) is 3.62. The Bertz CT molecular complexity index is 779. The summed E-state index contributed by atoms with van der Waals surface area (Å²) in [7, 11) is 0. The average molecular weight is 330 g/mol. The number of nitrogens with one attached hydrogen (secondary N) is 2. The Hall–Kier alpha value is -3.09. The first-order valence-electron chi connectivity index (χ1n) is 7.36. The van der Waals surface area contributed by atoms with Gasteiger partial charge in [-0.1, -0.05) is 12.1 Å². The number of rotatable bonds is 4. The lowest BCUT2D eigenvalue weighted by Crippen LogP contribution is -2.33. The van der Waals surface area contributed by atoms with E-state index in [1.165, 1.54) is 18.2 Å². The fourth-order valence-corrected chi connectivity index (χ4v) is 2.23. The van der Waals surface area contributed by atoms with Crippen molar-refractivity contribution in [3.05, 3.63) is 53.8 Å². The normalized spacial score (nSPS) is 12.4. The van der Waals surface area contributed by atoms with Crippen molar-refractivity contribution in [2.24, 2.45) is 0 Å². The molecule has 0 aromatic heterocycles. The summed E-state index contributed by atoms with van der Waals surface area (Å²) in [5, 5.41) is 5.01. The highest BCUT2D eigenvalue weighted by Gasteiger charge is 2.14. The maximum absolute atomic E-state index is 13.5. The number of halogens is 1. The lowest BCUT2D eigenvalue weighted by molar-refractivity contribution is -0.115. The number of benzene rings is 2. The first-order valence-corrected chi connectivity index (χ1v) is 7.36. The minimum atomic E-state index is -0.648. The molecule has 0 saturated heterocycles. The Morgan fingerprint density at radius 1 is 1.04 bits per heavy atom. The molecule has 24 heavy (non-hydrogen) atoms. The molecule has 0 aliphatic carbocycles. The van der Waals surface area contributed by atoms with Crippen LogP contribution in [0.25, 0.3) is 0 Å². The average Bonchev–Trinajstić information content (AvgIpc) is 2.60. The fourth-order valence-electron chi connectivity index (χ4n) is 2.23.